The molecule has 0 aliphatic carbocycles. The molecule has 0 unspecified atom stereocenters. The fourth-order valence-corrected chi connectivity index (χ4v) is 4.01. The minimum atomic E-state index is -4.34. The van der Waals surface area contributed by atoms with E-state index in [4.69, 9.17) is 0 Å². The Kier molecular flexibility index (Phi) is 5.38. The largest absolute Gasteiger partial charge is 0.265 e. The van der Waals surface area contributed by atoms with Crippen LogP contribution in [0.1, 0.15) is 22.5 Å². The number of sulfonamides is 1. The Bertz CT molecular complexity index is 1040. The van der Waals surface area contributed by atoms with Gasteiger partial charge in [0.2, 0.25) is 10.0 Å². The van der Waals surface area contributed by atoms with Crippen LogP contribution in [0, 0.1) is 25.5 Å². The van der Waals surface area contributed by atoms with Crippen molar-refractivity contribution in [1.82, 2.24) is 14.5 Å². The standard InChI is InChI=1S/C19H19F2N3O2S/c1-13-16(14(2)24(23-13)12-15-7-4-3-5-8-15)11-22-27(25,26)19-17(20)9-6-10-18(19)21/h3-10,22H,11-12H2,1-2H3. The summed E-state index contributed by atoms with van der Waals surface area (Å²) in [4.78, 5) is -0.975. The first-order chi connectivity index (χ1) is 12.8. The van der Waals surface area contributed by atoms with Crippen molar-refractivity contribution in [2.45, 2.75) is 31.8 Å². The molecule has 0 atom stereocenters. The van der Waals surface area contributed by atoms with Crippen LogP contribution >= 0.6 is 0 Å². The van der Waals surface area contributed by atoms with Crippen LogP contribution in [0.15, 0.2) is 53.4 Å². The molecule has 0 saturated carbocycles. The third-order valence-corrected chi connectivity index (χ3v) is 5.78. The molecule has 0 aliphatic heterocycles. The zero-order valence-electron chi connectivity index (χ0n) is 14.9. The maximum Gasteiger partial charge on any atom is 0.246 e. The summed E-state index contributed by atoms with van der Waals surface area (Å²) in [7, 11) is -4.34. The predicted molar refractivity (Wildman–Crippen MR) is 97.6 cm³/mol. The van der Waals surface area contributed by atoms with Gasteiger partial charge in [-0.15, -0.1) is 0 Å². The first-order valence-electron chi connectivity index (χ1n) is 8.30. The highest BCUT2D eigenvalue weighted by atomic mass is 32.2. The maximum atomic E-state index is 13.8. The van der Waals surface area contributed by atoms with Gasteiger partial charge in [-0.05, 0) is 31.5 Å². The number of aryl methyl sites for hydroxylation is 1. The Morgan fingerprint density at radius 3 is 2.26 bits per heavy atom. The van der Waals surface area contributed by atoms with Crippen LogP contribution in [0.25, 0.3) is 0 Å². The van der Waals surface area contributed by atoms with E-state index in [0.717, 1.165) is 29.5 Å². The fraction of sp³-hybridized carbons (Fsp3) is 0.211. The summed E-state index contributed by atoms with van der Waals surface area (Å²) in [5, 5.41) is 4.45. The Hall–Kier alpha value is -2.58. The van der Waals surface area contributed by atoms with Crippen LogP contribution in [-0.2, 0) is 23.1 Å². The number of hydrogen-bond acceptors (Lipinski definition) is 3. The number of nitrogens with zero attached hydrogens (tertiary/aromatic N) is 2. The van der Waals surface area contributed by atoms with E-state index >= 15 is 0 Å². The van der Waals surface area contributed by atoms with E-state index in [9.17, 15) is 17.2 Å². The zero-order chi connectivity index (χ0) is 19.6. The van der Waals surface area contributed by atoms with Crippen LogP contribution in [-0.4, -0.2) is 18.2 Å². The second kappa shape index (κ2) is 7.58. The lowest BCUT2D eigenvalue weighted by Gasteiger charge is -2.09. The molecular formula is C19H19F2N3O2S. The van der Waals surface area contributed by atoms with Crippen molar-refractivity contribution in [3.63, 3.8) is 0 Å². The molecular weight excluding hydrogens is 372 g/mol. The molecule has 142 valence electrons. The molecule has 1 aromatic heterocycles. The lowest BCUT2D eigenvalue weighted by atomic mass is 10.2. The molecule has 8 heteroatoms. The van der Waals surface area contributed by atoms with Crippen molar-refractivity contribution < 1.29 is 17.2 Å². The van der Waals surface area contributed by atoms with Gasteiger partial charge in [-0.2, -0.15) is 5.10 Å². The highest BCUT2D eigenvalue weighted by Gasteiger charge is 2.24. The Morgan fingerprint density at radius 2 is 1.63 bits per heavy atom. The molecule has 3 aromatic rings. The maximum absolute atomic E-state index is 13.8. The molecule has 1 heterocycles. The van der Waals surface area contributed by atoms with Gasteiger partial charge in [0.1, 0.15) is 11.6 Å². The van der Waals surface area contributed by atoms with Crippen LogP contribution < -0.4 is 4.72 Å². The summed E-state index contributed by atoms with van der Waals surface area (Å²) < 4.78 is 56.3. The molecule has 27 heavy (non-hydrogen) atoms. The van der Waals surface area contributed by atoms with Gasteiger partial charge in [0.15, 0.2) is 4.90 Å². The van der Waals surface area contributed by atoms with Crippen molar-refractivity contribution >= 4 is 10.0 Å². The molecule has 0 aliphatic rings. The Balaban J connectivity index is 1.82. The second-order valence-corrected chi connectivity index (χ2v) is 7.87. The molecule has 1 N–H and O–H groups in total. The third-order valence-electron chi connectivity index (χ3n) is 4.33. The van der Waals surface area contributed by atoms with Gasteiger partial charge in [0.05, 0.1) is 12.2 Å². The summed E-state index contributed by atoms with van der Waals surface area (Å²) in [6.07, 6.45) is 0. The zero-order valence-corrected chi connectivity index (χ0v) is 15.7. The highest BCUT2D eigenvalue weighted by molar-refractivity contribution is 7.89. The number of benzene rings is 2. The van der Waals surface area contributed by atoms with Crippen molar-refractivity contribution in [1.29, 1.82) is 0 Å². The van der Waals surface area contributed by atoms with Gasteiger partial charge in [0, 0.05) is 17.8 Å². The summed E-state index contributed by atoms with van der Waals surface area (Å²) in [5.41, 5.74) is 3.17. The monoisotopic (exact) mass is 391 g/mol. The van der Waals surface area contributed by atoms with Gasteiger partial charge >= 0.3 is 0 Å². The number of hydrogen-bond donors (Lipinski definition) is 1. The predicted octanol–water partition coefficient (Wildman–Crippen LogP) is 3.30. The van der Waals surface area contributed by atoms with Crippen LogP contribution in [0.3, 0.4) is 0 Å². The molecule has 0 spiro atoms. The fourth-order valence-electron chi connectivity index (χ4n) is 2.88. The number of rotatable bonds is 6. The minimum absolute atomic E-state index is 0.109. The van der Waals surface area contributed by atoms with Gasteiger partial charge in [0.25, 0.3) is 0 Å². The quantitative estimate of drug-likeness (QED) is 0.701. The molecule has 0 amide bonds. The summed E-state index contributed by atoms with van der Waals surface area (Å²) in [6, 6.07) is 12.7. The molecule has 5 nitrogen and oxygen atoms in total. The summed E-state index contributed by atoms with van der Waals surface area (Å²) in [5.74, 6) is -2.26. The van der Waals surface area contributed by atoms with E-state index in [-0.39, 0.29) is 6.54 Å². The van der Waals surface area contributed by atoms with Crippen molar-refractivity contribution in [3.05, 3.63) is 82.7 Å². The SMILES string of the molecule is Cc1nn(Cc2ccccc2)c(C)c1CNS(=O)(=O)c1c(F)cccc1F. The molecule has 0 bridgehead atoms. The molecule has 0 fully saturated rings. The average Bonchev–Trinajstić information content (AvgIpc) is 2.87. The van der Waals surface area contributed by atoms with E-state index in [1.807, 2.05) is 37.3 Å². The smallest absolute Gasteiger partial charge is 0.246 e. The first kappa shape index (κ1) is 19.2. The van der Waals surface area contributed by atoms with Crippen LogP contribution in [0.4, 0.5) is 8.78 Å². The van der Waals surface area contributed by atoms with Gasteiger partial charge in [-0.1, -0.05) is 36.4 Å². The molecule has 0 saturated heterocycles. The topological polar surface area (TPSA) is 64.0 Å². The number of aromatic nitrogens is 2. The van der Waals surface area contributed by atoms with Gasteiger partial charge in [-0.3, -0.25) is 4.68 Å². The molecule has 2 aromatic carbocycles. The van der Waals surface area contributed by atoms with Crippen molar-refractivity contribution in [2.75, 3.05) is 0 Å². The molecule has 3 rings (SSSR count). The first-order valence-corrected chi connectivity index (χ1v) is 9.78. The lowest BCUT2D eigenvalue weighted by Crippen LogP contribution is -2.25. The number of halogens is 2. The number of nitrogens with one attached hydrogen (secondary N) is 1. The lowest BCUT2D eigenvalue weighted by molar-refractivity contribution is 0.513. The highest BCUT2D eigenvalue weighted by Crippen LogP contribution is 2.20. The van der Waals surface area contributed by atoms with E-state index in [2.05, 4.69) is 9.82 Å². The van der Waals surface area contributed by atoms with Gasteiger partial charge in [-0.25, -0.2) is 21.9 Å². The van der Waals surface area contributed by atoms with E-state index in [1.54, 1.807) is 11.6 Å². The van der Waals surface area contributed by atoms with Gasteiger partial charge < -0.3 is 0 Å². The average molecular weight is 391 g/mol. The van der Waals surface area contributed by atoms with Crippen molar-refractivity contribution in [3.8, 4) is 0 Å². The third kappa shape index (κ3) is 4.06. The Morgan fingerprint density at radius 1 is 1.00 bits per heavy atom. The Labute approximate surface area is 156 Å². The second-order valence-electron chi connectivity index (χ2n) is 6.17. The minimum Gasteiger partial charge on any atom is -0.265 e. The van der Waals surface area contributed by atoms with Crippen LogP contribution in [0.5, 0.6) is 0 Å². The molecule has 0 radical (unpaired) electrons. The van der Waals surface area contributed by atoms with E-state index in [1.165, 1.54) is 0 Å². The van der Waals surface area contributed by atoms with E-state index < -0.39 is 26.6 Å². The normalized spacial score (nSPS) is 11.7. The summed E-state index contributed by atoms with van der Waals surface area (Å²) in [6.45, 7) is 4.03. The van der Waals surface area contributed by atoms with Crippen LogP contribution in [0.2, 0.25) is 0 Å². The summed E-state index contributed by atoms with van der Waals surface area (Å²) >= 11 is 0. The van der Waals surface area contributed by atoms with Crippen molar-refractivity contribution in [2.24, 2.45) is 0 Å². The van der Waals surface area contributed by atoms with E-state index in [0.29, 0.717) is 17.8 Å².